The summed E-state index contributed by atoms with van der Waals surface area (Å²) in [6, 6.07) is 0.748. The zero-order chi connectivity index (χ0) is 20.6. The number of unbranched alkanes of at least 4 members (excludes halogenated alkanes) is 8. The second-order valence-electron chi connectivity index (χ2n) is 8.31. The SMILES string of the molecule is CCCCCCCCCCCC(=O)NCC(C)(C)CC[Si](OC)(OC)OC. The molecule has 1 N–H and O–H groups in total. The standard InChI is InChI=1S/C21H45NO4Si/c1-7-8-9-10-11-12-13-14-15-16-20(23)22-19-21(2,3)17-18-27(24-4,25-5)26-6/h7-19H2,1-6H3,(H,22,23). The maximum Gasteiger partial charge on any atom is 0.500 e. The summed E-state index contributed by atoms with van der Waals surface area (Å²) in [5.41, 5.74) is -0.0119. The monoisotopic (exact) mass is 403 g/mol. The summed E-state index contributed by atoms with van der Waals surface area (Å²) < 4.78 is 16.4. The fourth-order valence-electron chi connectivity index (χ4n) is 3.16. The number of amides is 1. The van der Waals surface area contributed by atoms with Gasteiger partial charge in [-0.3, -0.25) is 4.79 Å². The lowest BCUT2D eigenvalue weighted by Gasteiger charge is -2.30. The Hall–Kier alpha value is -0.433. The van der Waals surface area contributed by atoms with Crippen LogP contribution in [0.3, 0.4) is 0 Å². The summed E-state index contributed by atoms with van der Waals surface area (Å²) in [6.07, 6.45) is 13.0. The van der Waals surface area contributed by atoms with Crippen LogP contribution in [-0.2, 0) is 18.1 Å². The van der Waals surface area contributed by atoms with Gasteiger partial charge in [-0.05, 0) is 18.3 Å². The molecule has 0 aromatic carbocycles. The van der Waals surface area contributed by atoms with E-state index < -0.39 is 8.80 Å². The Morgan fingerprint density at radius 1 is 0.852 bits per heavy atom. The largest absolute Gasteiger partial charge is 0.500 e. The number of hydrogen-bond donors (Lipinski definition) is 1. The lowest BCUT2D eigenvalue weighted by atomic mass is 9.90. The maximum atomic E-state index is 12.1. The van der Waals surface area contributed by atoms with Crippen LogP contribution in [0.25, 0.3) is 0 Å². The molecule has 0 fully saturated rings. The molecular formula is C21H45NO4Si. The van der Waals surface area contributed by atoms with Crippen molar-refractivity contribution in [2.45, 2.75) is 97.4 Å². The van der Waals surface area contributed by atoms with Crippen molar-refractivity contribution in [2.24, 2.45) is 5.41 Å². The highest BCUT2D eigenvalue weighted by atomic mass is 28.4. The van der Waals surface area contributed by atoms with E-state index in [1.807, 2.05) is 0 Å². The van der Waals surface area contributed by atoms with Gasteiger partial charge in [0, 0.05) is 40.3 Å². The van der Waals surface area contributed by atoms with Gasteiger partial charge in [0.2, 0.25) is 5.91 Å². The minimum Gasteiger partial charge on any atom is -0.377 e. The number of hydrogen-bond acceptors (Lipinski definition) is 4. The average Bonchev–Trinajstić information content (AvgIpc) is 2.67. The van der Waals surface area contributed by atoms with Gasteiger partial charge in [-0.2, -0.15) is 0 Å². The molecule has 0 aromatic heterocycles. The van der Waals surface area contributed by atoms with Gasteiger partial charge < -0.3 is 18.6 Å². The van der Waals surface area contributed by atoms with Crippen LogP contribution >= 0.6 is 0 Å². The highest BCUT2D eigenvalue weighted by Crippen LogP contribution is 2.27. The molecule has 0 aliphatic heterocycles. The quantitative estimate of drug-likeness (QED) is 0.249. The topological polar surface area (TPSA) is 56.8 Å². The molecular weight excluding hydrogens is 358 g/mol. The molecule has 0 heterocycles. The minimum atomic E-state index is -2.54. The van der Waals surface area contributed by atoms with Crippen molar-refractivity contribution in [1.82, 2.24) is 5.32 Å². The zero-order valence-electron chi connectivity index (χ0n) is 18.8. The Morgan fingerprint density at radius 3 is 1.81 bits per heavy atom. The zero-order valence-corrected chi connectivity index (χ0v) is 19.8. The van der Waals surface area contributed by atoms with Crippen molar-refractivity contribution in [3.8, 4) is 0 Å². The fraction of sp³-hybridized carbons (Fsp3) is 0.952. The summed E-state index contributed by atoms with van der Waals surface area (Å²) in [5, 5.41) is 3.09. The van der Waals surface area contributed by atoms with Gasteiger partial charge in [-0.1, -0.05) is 72.1 Å². The van der Waals surface area contributed by atoms with Crippen LogP contribution in [-0.4, -0.2) is 42.6 Å². The van der Waals surface area contributed by atoms with Gasteiger partial charge in [0.05, 0.1) is 0 Å². The van der Waals surface area contributed by atoms with E-state index in [1.54, 1.807) is 21.3 Å². The van der Waals surface area contributed by atoms with E-state index in [-0.39, 0.29) is 11.3 Å². The smallest absolute Gasteiger partial charge is 0.377 e. The third-order valence-corrected chi connectivity index (χ3v) is 8.04. The second-order valence-corrected chi connectivity index (χ2v) is 11.4. The summed E-state index contributed by atoms with van der Waals surface area (Å²) >= 11 is 0. The lowest BCUT2D eigenvalue weighted by Crippen LogP contribution is -2.44. The normalized spacial score (nSPS) is 12.4. The van der Waals surface area contributed by atoms with Crippen LogP contribution in [0.2, 0.25) is 6.04 Å². The van der Waals surface area contributed by atoms with Crippen LogP contribution in [0.5, 0.6) is 0 Å². The first-order valence-corrected chi connectivity index (χ1v) is 12.7. The van der Waals surface area contributed by atoms with Crippen LogP contribution < -0.4 is 5.32 Å². The number of carbonyl (C=O) groups is 1. The molecule has 0 aromatic rings. The van der Waals surface area contributed by atoms with Crippen LogP contribution in [0, 0.1) is 5.41 Å². The van der Waals surface area contributed by atoms with Crippen molar-refractivity contribution in [3.05, 3.63) is 0 Å². The molecule has 162 valence electrons. The first-order chi connectivity index (χ1) is 12.8. The maximum absolute atomic E-state index is 12.1. The molecule has 0 saturated carbocycles. The summed E-state index contributed by atoms with van der Waals surface area (Å²) in [6.45, 7) is 7.24. The molecule has 0 atom stereocenters. The number of nitrogens with one attached hydrogen (secondary N) is 1. The highest BCUT2D eigenvalue weighted by Gasteiger charge is 2.39. The van der Waals surface area contributed by atoms with Gasteiger partial charge >= 0.3 is 8.80 Å². The summed E-state index contributed by atoms with van der Waals surface area (Å²) in [7, 11) is 2.37. The van der Waals surface area contributed by atoms with E-state index in [0.29, 0.717) is 13.0 Å². The van der Waals surface area contributed by atoms with E-state index in [9.17, 15) is 4.79 Å². The van der Waals surface area contributed by atoms with E-state index in [4.69, 9.17) is 13.3 Å². The average molecular weight is 404 g/mol. The van der Waals surface area contributed by atoms with Gasteiger partial charge in [-0.15, -0.1) is 0 Å². The first kappa shape index (κ1) is 26.6. The predicted molar refractivity (Wildman–Crippen MR) is 115 cm³/mol. The molecule has 0 aliphatic rings. The van der Waals surface area contributed by atoms with Crippen molar-refractivity contribution in [3.63, 3.8) is 0 Å². The molecule has 27 heavy (non-hydrogen) atoms. The lowest BCUT2D eigenvalue weighted by molar-refractivity contribution is -0.121. The Balaban J connectivity index is 3.83. The molecule has 0 saturated heterocycles. The van der Waals surface area contributed by atoms with E-state index >= 15 is 0 Å². The Labute approximate surface area is 169 Å². The van der Waals surface area contributed by atoms with Gasteiger partial charge in [-0.25, -0.2) is 0 Å². The van der Waals surface area contributed by atoms with Crippen molar-refractivity contribution < 1.29 is 18.1 Å². The minimum absolute atomic E-state index is 0.0119. The van der Waals surface area contributed by atoms with E-state index in [0.717, 1.165) is 25.3 Å². The van der Waals surface area contributed by atoms with E-state index in [2.05, 4.69) is 26.1 Å². The molecule has 0 bridgehead atoms. The molecule has 0 aliphatic carbocycles. The summed E-state index contributed by atoms with van der Waals surface area (Å²) in [4.78, 5) is 12.1. The number of rotatable bonds is 18. The van der Waals surface area contributed by atoms with Crippen LogP contribution in [0.15, 0.2) is 0 Å². The van der Waals surface area contributed by atoms with Gasteiger partial charge in [0.1, 0.15) is 0 Å². The van der Waals surface area contributed by atoms with Gasteiger partial charge in [0.25, 0.3) is 0 Å². The Morgan fingerprint density at radius 2 is 1.33 bits per heavy atom. The van der Waals surface area contributed by atoms with Crippen molar-refractivity contribution >= 4 is 14.7 Å². The van der Waals surface area contributed by atoms with Gasteiger partial charge in [0.15, 0.2) is 0 Å². The molecule has 5 nitrogen and oxygen atoms in total. The van der Waals surface area contributed by atoms with Crippen LogP contribution in [0.1, 0.15) is 91.4 Å². The highest BCUT2D eigenvalue weighted by molar-refractivity contribution is 6.60. The van der Waals surface area contributed by atoms with E-state index in [1.165, 1.54) is 44.9 Å². The Kier molecular flexibility index (Phi) is 15.2. The molecule has 0 rings (SSSR count). The van der Waals surface area contributed by atoms with Crippen LogP contribution in [0.4, 0.5) is 0 Å². The molecule has 0 unspecified atom stereocenters. The first-order valence-electron chi connectivity index (χ1n) is 10.8. The molecule has 0 radical (unpaired) electrons. The molecule has 0 spiro atoms. The third kappa shape index (κ3) is 13.4. The molecule has 1 amide bonds. The summed E-state index contributed by atoms with van der Waals surface area (Å²) in [5.74, 6) is 0.166. The third-order valence-electron chi connectivity index (χ3n) is 5.31. The number of carbonyl (C=O) groups excluding carboxylic acids is 1. The van der Waals surface area contributed by atoms with Crippen molar-refractivity contribution in [2.75, 3.05) is 27.9 Å². The Bertz CT molecular complexity index is 365. The fourth-order valence-corrected chi connectivity index (χ4v) is 5.25. The molecule has 6 heteroatoms. The second kappa shape index (κ2) is 15.5. The predicted octanol–water partition coefficient (Wildman–Crippen LogP) is 5.32. The van der Waals surface area contributed by atoms with Crippen molar-refractivity contribution in [1.29, 1.82) is 0 Å².